The standard InChI is InChI=1S/C12H15N3O/c13-7-9-2-1-3-10(6-9)15-8-12(4-5-12)14-11(15)16/h1-3,6H,4-5,7-8,13H2,(H,14,16). The van der Waals surface area contributed by atoms with Crippen LogP contribution in [0, 0.1) is 0 Å². The molecule has 16 heavy (non-hydrogen) atoms. The highest BCUT2D eigenvalue weighted by Crippen LogP contribution is 2.41. The molecule has 1 aliphatic carbocycles. The van der Waals surface area contributed by atoms with Crippen LogP contribution in [-0.4, -0.2) is 18.1 Å². The number of amides is 2. The molecule has 3 rings (SSSR count). The Morgan fingerprint density at radius 1 is 1.44 bits per heavy atom. The van der Waals surface area contributed by atoms with E-state index < -0.39 is 0 Å². The monoisotopic (exact) mass is 217 g/mol. The Kier molecular flexibility index (Phi) is 1.94. The molecule has 1 spiro atoms. The van der Waals surface area contributed by atoms with Crippen molar-refractivity contribution in [2.45, 2.75) is 24.9 Å². The van der Waals surface area contributed by atoms with Crippen LogP contribution in [0.3, 0.4) is 0 Å². The van der Waals surface area contributed by atoms with E-state index in [2.05, 4.69) is 5.32 Å². The average molecular weight is 217 g/mol. The number of hydrogen-bond donors (Lipinski definition) is 2. The van der Waals surface area contributed by atoms with Crippen LogP contribution in [0.2, 0.25) is 0 Å². The Labute approximate surface area is 94.4 Å². The molecule has 4 nitrogen and oxygen atoms in total. The lowest BCUT2D eigenvalue weighted by Gasteiger charge is -2.15. The summed E-state index contributed by atoms with van der Waals surface area (Å²) in [7, 11) is 0. The Morgan fingerprint density at radius 2 is 2.25 bits per heavy atom. The topological polar surface area (TPSA) is 58.4 Å². The molecule has 2 amide bonds. The molecular weight excluding hydrogens is 202 g/mol. The molecule has 0 unspecified atom stereocenters. The molecule has 2 fully saturated rings. The van der Waals surface area contributed by atoms with E-state index >= 15 is 0 Å². The van der Waals surface area contributed by atoms with Crippen LogP contribution >= 0.6 is 0 Å². The third-order valence-corrected chi connectivity index (χ3v) is 3.39. The SMILES string of the molecule is NCc1cccc(N2CC3(CC3)NC2=O)c1. The van der Waals surface area contributed by atoms with Crippen molar-refractivity contribution in [1.82, 2.24) is 5.32 Å². The minimum atomic E-state index is 0.0201. The molecule has 84 valence electrons. The third kappa shape index (κ3) is 1.46. The molecule has 3 N–H and O–H groups in total. The Bertz CT molecular complexity index is 440. The summed E-state index contributed by atoms with van der Waals surface area (Å²) in [5, 5.41) is 3.05. The highest BCUT2D eigenvalue weighted by atomic mass is 16.2. The molecule has 1 aliphatic heterocycles. The van der Waals surface area contributed by atoms with Gasteiger partial charge in [0.1, 0.15) is 0 Å². The van der Waals surface area contributed by atoms with E-state index in [1.165, 1.54) is 0 Å². The first-order valence-corrected chi connectivity index (χ1v) is 5.61. The van der Waals surface area contributed by atoms with E-state index in [0.717, 1.165) is 30.6 Å². The van der Waals surface area contributed by atoms with Crippen molar-refractivity contribution < 1.29 is 4.79 Å². The molecule has 0 aromatic heterocycles. The van der Waals surface area contributed by atoms with Gasteiger partial charge in [0.2, 0.25) is 0 Å². The van der Waals surface area contributed by atoms with Gasteiger partial charge in [0.15, 0.2) is 0 Å². The quantitative estimate of drug-likeness (QED) is 0.782. The maximum absolute atomic E-state index is 11.8. The van der Waals surface area contributed by atoms with Gasteiger partial charge in [-0.2, -0.15) is 0 Å². The number of rotatable bonds is 2. The number of carbonyl (C=O) groups is 1. The predicted molar refractivity (Wildman–Crippen MR) is 62.2 cm³/mol. The van der Waals surface area contributed by atoms with Crippen molar-refractivity contribution >= 4 is 11.7 Å². The number of benzene rings is 1. The van der Waals surface area contributed by atoms with Crippen molar-refractivity contribution in [1.29, 1.82) is 0 Å². The minimum Gasteiger partial charge on any atom is -0.330 e. The van der Waals surface area contributed by atoms with E-state index in [4.69, 9.17) is 5.73 Å². The lowest BCUT2D eigenvalue weighted by atomic mass is 10.2. The second-order valence-electron chi connectivity index (χ2n) is 4.67. The van der Waals surface area contributed by atoms with Gasteiger partial charge >= 0.3 is 6.03 Å². The van der Waals surface area contributed by atoms with Crippen LogP contribution in [0.15, 0.2) is 24.3 Å². The number of nitrogens with two attached hydrogens (primary N) is 1. The van der Waals surface area contributed by atoms with Crippen LogP contribution in [0.4, 0.5) is 10.5 Å². The molecule has 1 aromatic rings. The summed E-state index contributed by atoms with van der Waals surface area (Å²) in [5.41, 5.74) is 7.68. The smallest absolute Gasteiger partial charge is 0.322 e. The molecular formula is C12H15N3O. The highest BCUT2D eigenvalue weighted by molar-refractivity contribution is 5.95. The van der Waals surface area contributed by atoms with Gasteiger partial charge in [-0.3, -0.25) is 4.90 Å². The first-order valence-electron chi connectivity index (χ1n) is 5.61. The molecule has 0 atom stereocenters. The predicted octanol–water partition coefficient (Wildman–Crippen LogP) is 1.21. The van der Waals surface area contributed by atoms with Gasteiger partial charge in [-0.05, 0) is 30.5 Å². The first-order chi connectivity index (χ1) is 7.72. The van der Waals surface area contributed by atoms with Gasteiger partial charge in [0.05, 0.1) is 12.1 Å². The van der Waals surface area contributed by atoms with Crippen molar-refractivity contribution in [3.05, 3.63) is 29.8 Å². The maximum atomic E-state index is 11.8. The summed E-state index contributed by atoms with van der Waals surface area (Å²) in [6, 6.07) is 7.89. The van der Waals surface area contributed by atoms with E-state index in [1.807, 2.05) is 29.2 Å². The largest absolute Gasteiger partial charge is 0.330 e. The minimum absolute atomic E-state index is 0.0201. The molecule has 1 saturated heterocycles. The molecule has 1 aromatic carbocycles. The number of urea groups is 1. The molecule has 0 radical (unpaired) electrons. The number of nitrogens with one attached hydrogen (secondary N) is 1. The molecule has 1 heterocycles. The van der Waals surface area contributed by atoms with Crippen LogP contribution in [-0.2, 0) is 6.54 Å². The fourth-order valence-corrected chi connectivity index (χ4v) is 2.20. The van der Waals surface area contributed by atoms with Crippen molar-refractivity contribution in [3.8, 4) is 0 Å². The lowest BCUT2D eigenvalue weighted by Crippen LogP contribution is -2.29. The zero-order valence-corrected chi connectivity index (χ0v) is 9.07. The van der Waals surface area contributed by atoms with Crippen molar-refractivity contribution in [2.75, 3.05) is 11.4 Å². The first kappa shape index (κ1) is 9.66. The summed E-state index contributed by atoms with van der Waals surface area (Å²) in [6.07, 6.45) is 2.21. The van der Waals surface area contributed by atoms with E-state index in [-0.39, 0.29) is 11.6 Å². The summed E-state index contributed by atoms with van der Waals surface area (Å²) >= 11 is 0. The number of nitrogens with zero attached hydrogens (tertiary/aromatic N) is 1. The average Bonchev–Trinajstić information content (AvgIpc) is 2.96. The Balaban J connectivity index is 1.88. The fourth-order valence-electron chi connectivity index (χ4n) is 2.20. The molecule has 1 saturated carbocycles. The van der Waals surface area contributed by atoms with E-state index in [0.29, 0.717) is 6.54 Å². The summed E-state index contributed by atoms with van der Waals surface area (Å²) in [4.78, 5) is 13.6. The molecule has 2 aliphatic rings. The maximum Gasteiger partial charge on any atom is 0.322 e. The van der Waals surface area contributed by atoms with Crippen LogP contribution in [0.5, 0.6) is 0 Å². The van der Waals surface area contributed by atoms with E-state index in [1.54, 1.807) is 0 Å². The Morgan fingerprint density at radius 3 is 2.88 bits per heavy atom. The number of carbonyl (C=O) groups excluding carboxylic acids is 1. The lowest BCUT2D eigenvalue weighted by molar-refractivity contribution is 0.250. The van der Waals surface area contributed by atoms with E-state index in [9.17, 15) is 4.79 Å². The molecule has 0 bridgehead atoms. The zero-order chi connectivity index (χ0) is 11.2. The van der Waals surface area contributed by atoms with Crippen LogP contribution in [0.25, 0.3) is 0 Å². The van der Waals surface area contributed by atoms with Gasteiger partial charge in [0.25, 0.3) is 0 Å². The highest BCUT2D eigenvalue weighted by Gasteiger charge is 2.51. The Hall–Kier alpha value is -1.55. The third-order valence-electron chi connectivity index (χ3n) is 3.39. The summed E-state index contributed by atoms with van der Waals surface area (Å²) in [5.74, 6) is 0. The normalized spacial score (nSPS) is 21.3. The second kappa shape index (κ2) is 3.22. The number of hydrogen-bond acceptors (Lipinski definition) is 2. The second-order valence-corrected chi connectivity index (χ2v) is 4.67. The van der Waals surface area contributed by atoms with Gasteiger partial charge < -0.3 is 11.1 Å². The van der Waals surface area contributed by atoms with Gasteiger partial charge in [0, 0.05) is 12.2 Å². The zero-order valence-electron chi connectivity index (χ0n) is 9.07. The van der Waals surface area contributed by atoms with Crippen LogP contribution in [0.1, 0.15) is 18.4 Å². The van der Waals surface area contributed by atoms with Crippen molar-refractivity contribution in [3.63, 3.8) is 0 Å². The van der Waals surface area contributed by atoms with Crippen LogP contribution < -0.4 is 16.0 Å². The van der Waals surface area contributed by atoms with Crippen molar-refractivity contribution in [2.24, 2.45) is 5.73 Å². The summed E-state index contributed by atoms with van der Waals surface area (Å²) in [6.45, 7) is 1.30. The molecule has 4 heteroatoms. The van der Waals surface area contributed by atoms with Gasteiger partial charge in [-0.1, -0.05) is 12.1 Å². The summed E-state index contributed by atoms with van der Waals surface area (Å²) < 4.78 is 0. The van der Waals surface area contributed by atoms with Gasteiger partial charge in [-0.15, -0.1) is 0 Å². The fraction of sp³-hybridized carbons (Fsp3) is 0.417. The number of anilines is 1. The van der Waals surface area contributed by atoms with Gasteiger partial charge in [-0.25, -0.2) is 4.79 Å².